The lowest BCUT2D eigenvalue weighted by Crippen LogP contribution is -2.40. The number of ether oxygens (including phenoxy) is 1. The minimum atomic E-state index is -0.782. The number of amides is 2. The van der Waals surface area contributed by atoms with Gasteiger partial charge in [-0.05, 0) is 49.2 Å². The van der Waals surface area contributed by atoms with Crippen molar-refractivity contribution in [1.29, 1.82) is 0 Å². The lowest BCUT2D eigenvalue weighted by atomic mass is 9.92. The molecule has 30 heavy (non-hydrogen) atoms. The third kappa shape index (κ3) is 3.67. The number of hydrogen-bond donors (Lipinski definition) is 0. The minimum Gasteiger partial charge on any atom is -0.494 e. The van der Waals surface area contributed by atoms with E-state index in [1.807, 2.05) is 37.3 Å². The molecule has 0 bridgehead atoms. The predicted molar refractivity (Wildman–Crippen MR) is 115 cm³/mol. The largest absolute Gasteiger partial charge is 0.494 e. The number of nitrogens with zero attached hydrogens (tertiary/aromatic N) is 2. The fourth-order valence-electron chi connectivity index (χ4n) is 4.19. The van der Waals surface area contributed by atoms with Gasteiger partial charge in [0.1, 0.15) is 5.75 Å². The summed E-state index contributed by atoms with van der Waals surface area (Å²) < 4.78 is 5.61. The van der Waals surface area contributed by atoms with Crippen LogP contribution in [0.5, 0.6) is 5.75 Å². The second-order valence-electron chi connectivity index (χ2n) is 7.78. The summed E-state index contributed by atoms with van der Waals surface area (Å²) in [7, 11) is 0. The van der Waals surface area contributed by atoms with E-state index in [2.05, 4.69) is 6.92 Å². The highest BCUT2D eigenvalue weighted by Gasteiger charge is 2.59. The van der Waals surface area contributed by atoms with E-state index in [4.69, 9.17) is 9.57 Å². The van der Waals surface area contributed by atoms with Crippen molar-refractivity contribution in [3.63, 3.8) is 0 Å². The molecule has 0 radical (unpaired) electrons. The monoisotopic (exact) mass is 408 g/mol. The van der Waals surface area contributed by atoms with E-state index in [9.17, 15) is 9.59 Å². The Kier molecular flexibility index (Phi) is 6.04. The first kappa shape index (κ1) is 20.4. The molecule has 2 aliphatic rings. The molecule has 0 aromatic heterocycles. The molecule has 2 aromatic rings. The van der Waals surface area contributed by atoms with Crippen LogP contribution in [0.25, 0.3) is 0 Å². The van der Waals surface area contributed by atoms with Crippen LogP contribution < -0.4 is 14.7 Å². The van der Waals surface area contributed by atoms with Gasteiger partial charge in [-0.25, -0.2) is 9.96 Å². The van der Waals surface area contributed by atoms with Crippen LogP contribution in [0, 0.1) is 5.92 Å². The highest BCUT2D eigenvalue weighted by atomic mass is 16.7. The predicted octanol–water partition coefficient (Wildman–Crippen LogP) is 4.34. The standard InChI is InChI=1S/C24H28N2O4/c1-3-5-11-20-21-22(30-26(20)18-9-7-6-8-10-18)24(28)25(23(21)27)17-12-14-19(15-13-17)29-16-4-2/h6-10,12-15,20-22H,3-5,11,16H2,1-2H3/t20-,21-,22-/m1/s1. The Hall–Kier alpha value is -2.86. The van der Waals surface area contributed by atoms with Gasteiger partial charge in [-0.3, -0.25) is 14.4 Å². The maximum absolute atomic E-state index is 13.4. The second-order valence-corrected chi connectivity index (χ2v) is 7.78. The molecular formula is C24H28N2O4. The Morgan fingerprint density at radius 1 is 0.900 bits per heavy atom. The minimum absolute atomic E-state index is 0.161. The van der Waals surface area contributed by atoms with E-state index in [0.29, 0.717) is 12.3 Å². The number of benzene rings is 2. The van der Waals surface area contributed by atoms with Gasteiger partial charge in [-0.1, -0.05) is 44.9 Å². The molecule has 158 valence electrons. The van der Waals surface area contributed by atoms with Crippen LogP contribution in [0.4, 0.5) is 11.4 Å². The second kappa shape index (κ2) is 8.88. The van der Waals surface area contributed by atoms with Crippen molar-refractivity contribution in [2.45, 2.75) is 51.7 Å². The van der Waals surface area contributed by atoms with E-state index in [1.165, 1.54) is 4.90 Å². The smallest absolute Gasteiger partial charge is 0.266 e. The fourth-order valence-corrected chi connectivity index (χ4v) is 4.19. The summed E-state index contributed by atoms with van der Waals surface area (Å²) >= 11 is 0. The summed E-state index contributed by atoms with van der Waals surface area (Å²) in [6, 6.07) is 16.7. The molecule has 2 fully saturated rings. The van der Waals surface area contributed by atoms with Gasteiger partial charge in [0.2, 0.25) is 5.91 Å². The maximum Gasteiger partial charge on any atom is 0.266 e. The Morgan fingerprint density at radius 3 is 2.30 bits per heavy atom. The molecule has 2 amide bonds. The van der Waals surface area contributed by atoms with Crippen LogP contribution in [0.1, 0.15) is 39.5 Å². The number of hydrogen-bond acceptors (Lipinski definition) is 5. The molecule has 0 aliphatic carbocycles. The number of unbranched alkanes of at least 4 members (excludes halogenated alkanes) is 1. The summed E-state index contributed by atoms with van der Waals surface area (Å²) in [5.41, 5.74) is 1.44. The van der Waals surface area contributed by atoms with Crippen LogP contribution in [0.2, 0.25) is 0 Å². The molecule has 6 heteroatoms. The zero-order valence-electron chi connectivity index (χ0n) is 17.5. The van der Waals surface area contributed by atoms with Gasteiger partial charge in [0.25, 0.3) is 5.91 Å². The molecule has 3 atom stereocenters. The highest BCUT2D eigenvalue weighted by molar-refractivity contribution is 6.23. The first-order valence-corrected chi connectivity index (χ1v) is 10.8. The molecule has 6 nitrogen and oxygen atoms in total. The summed E-state index contributed by atoms with van der Waals surface area (Å²) in [5, 5.41) is 1.78. The van der Waals surface area contributed by atoms with Gasteiger partial charge in [-0.15, -0.1) is 0 Å². The van der Waals surface area contributed by atoms with Crippen LogP contribution in [-0.4, -0.2) is 30.6 Å². The Labute approximate surface area is 177 Å². The van der Waals surface area contributed by atoms with E-state index in [-0.39, 0.29) is 17.9 Å². The average molecular weight is 408 g/mol. The number of carbonyl (C=O) groups excluding carboxylic acids is 2. The summed E-state index contributed by atoms with van der Waals surface area (Å²) in [4.78, 5) is 33.9. The topological polar surface area (TPSA) is 59.1 Å². The quantitative estimate of drug-likeness (QED) is 0.608. The number of anilines is 2. The van der Waals surface area contributed by atoms with Gasteiger partial charge in [0, 0.05) is 0 Å². The first-order valence-electron chi connectivity index (χ1n) is 10.8. The summed E-state index contributed by atoms with van der Waals surface area (Å²) in [6.07, 6.45) is 2.91. The normalized spacial score (nSPS) is 23.2. The summed E-state index contributed by atoms with van der Waals surface area (Å²) in [5.74, 6) is -0.258. The molecule has 0 saturated carbocycles. The van der Waals surface area contributed by atoms with E-state index >= 15 is 0 Å². The number of rotatable bonds is 8. The van der Waals surface area contributed by atoms with Gasteiger partial charge in [0.15, 0.2) is 6.10 Å². The molecule has 2 saturated heterocycles. The molecule has 0 unspecified atom stereocenters. The molecule has 0 N–H and O–H groups in total. The molecule has 0 spiro atoms. The number of fused-ring (bicyclic) bond motifs is 1. The average Bonchev–Trinajstić information content (AvgIpc) is 3.27. The number of hydroxylamine groups is 1. The molecular weight excluding hydrogens is 380 g/mol. The van der Waals surface area contributed by atoms with Crippen molar-refractivity contribution in [1.82, 2.24) is 0 Å². The number of imide groups is 1. The van der Waals surface area contributed by atoms with E-state index in [0.717, 1.165) is 37.1 Å². The first-order chi connectivity index (χ1) is 14.7. The van der Waals surface area contributed by atoms with E-state index in [1.54, 1.807) is 29.3 Å². The van der Waals surface area contributed by atoms with Gasteiger partial charge < -0.3 is 4.74 Å². The molecule has 4 rings (SSSR count). The van der Waals surface area contributed by atoms with Crippen molar-refractivity contribution in [2.75, 3.05) is 16.6 Å². The van der Waals surface area contributed by atoms with Crippen LogP contribution in [0.15, 0.2) is 54.6 Å². The van der Waals surface area contributed by atoms with Crippen molar-refractivity contribution in [2.24, 2.45) is 5.92 Å². The Balaban J connectivity index is 1.58. The van der Waals surface area contributed by atoms with Crippen LogP contribution in [-0.2, 0) is 14.4 Å². The molecule has 2 heterocycles. The number of carbonyl (C=O) groups is 2. The van der Waals surface area contributed by atoms with Crippen LogP contribution in [0.3, 0.4) is 0 Å². The summed E-state index contributed by atoms with van der Waals surface area (Å²) in [6.45, 7) is 4.80. The lowest BCUT2D eigenvalue weighted by molar-refractivity contribution is -0.126. The van der Waals surface area contributed by atoms with Crippen molar-refractivity contribution in [3.05, 3.63) is 54.6 Å². The zero-order chi connectivity index (χ0) is 21.1. The van der Waals surface area contributed by atoms with Crippen LogP contribution >= 0.6 is 0 Å². The zero-order valence-corrected chi connectivity index (χ0v) is 17.5. The number of para-hydroxylation sites is 1. The Bertz CT molecular complexity index is 884. The molecule has 2 aliphatic heterocycles. The van der Waals surface area contributed by atoms with Gasteiger partial charge in [-0.2, -0.15) is 0 Å². The van der Waals surface area contributed by atoms with Gasteiger partial charge >= 0.3 is 0 Å². The van der Waals surface area contributed by atoms with Crippen molar-refractivity contribution in [3.8, 4) is 5.75 Å². The van der Waals surface area contributed by atoms with E-state index < -0.39 is 12.0 Å². The SMILES string of the molecule is CCCC[C@@H]1[C@H]2C(=O)N(c3ccc(OCCC)cc3)C(=O)[C@@H]2ON1c1ccccc1. The third-order valence-electron chi connectivity index (χ3n) is 5.67. The Morgan fingerprint density at radius 2 is 1.63 bits per heavy atom. The van der Waals surface area contributed by atoms with Crippen molar-refractivity contribution >= 4 is 23.2 Å². The lowest BCUT2D eigenvalue weighted by Gasteiger charge is -2.28. The molecule has 2 aromatic carbocycles. The highest BCUT2D eigenvalue weighted by Crippen LogP contribution is 2.42. The van der Waals surface area contributed by atoms with Gasteiger partial charge in [0.05, 0.1) is 29.9 Å². The van der Waals surface area contributed by atoms with Crippen molar-refractivity contribution < 1.29 is 19.2 Å². The fraction of sp³-hybridized carbons (Fsp3) is 0.417. The maximum atomic E-state index is 13.4. The third-order valence-corrected chi connectivity index (χ3v) is 5.67.